The normalized spacial score (nSPS) is 10.2. The molecule has 3 aromatic carbocycles. The first-order valence-electron chi connectivity index (χ1n) is 9.17. The zero-order valence-electron chi connectivity index (χ0n) is 15.9. The highest BCUT2D eigenvalue weighted by molar-refractivity contribution is 7.99. The van der Waals surface area contributed by atoms with E-state index in [1.54, 1.807) is 42.5 Å². The number of rotatable bonds is 7. The third kappa shape index (κ3) is 5.13. The molecule has 29 heavy (non-hydrogen) atoms. The van der Waals surface area contributed by atoms with E-state index in [4.69, 9.17) is 4.74 Å². The Morgan fingerprint density at radius 1 is 0.931 bits per heavy atom. The molecule has 0 unspecified atom stereocenters. The number of Topliss-reactive ketones (excluding diaryl/α,β-unsaturated/α-hetero) is 1. The van der Waals surface area contributed by atoms with Gasteiger partial charge in [-0.2, -0.15) is 5.26 Å². The van der Waals surface area contributed by atoms with Crippen LogP contribution in [0.4, 0.5) is 0 Å². The molecule has 0 aliphatic carbocycles. The van der Waals surface area contributed by atoms with Crippen LogP contribution in [0.1, 0.15) is 38.8 Å². The fraction of sp³-hybridized carbons (Fsp3) is 0.125. The number of nitrogens with zero attached hydrogens (tertiary/aromatic N) is 1. The van der Waals surface area contributed by atoms with Gasteiger partial charge >= 0.3 is 5.97 Å². The Morgan fingerprint density at radius 3 is 2.28 bits per heavy atom. The molecular weight excluding hydrogens is 382 g/mol. The van der Waals surface area contributed by atoms with Crippen LogP contribution in [0.15, 0.2) is 82.6 Å². The fourth-order valence-corrected chi connectivity index (χ4v) is 3.72. The van der Waals surface area contributed by atoms with Crippen molar-refractivity contribution in [2.45, 2.75) is 23.1 Å². The Morgan fingerprint density at radius 2 is 1.59 bits per heavy atom. The maximum Gasteiger partial charge on any atom is 0.339 e. The quantitative estimate of drug-likeness (QED) is 0.396. The Balaban J connectivity index is 1.71. The molecule has 0 aromatic heterocycles. The zero-order chi connectivity index (χ0) is 20.6. The SMILES string of the molecule is CCc1ccc(C(=O)COC(=O)c2ccccc2Sc2ccccc2C#N)cc1. The Bertz CT molecular complexity index is 1070. The van der Waals surface area contributed by atoms with E-state index < -0.39 is 5.97 Å². The highest BCUT2D eigenvalue weighted by atomic mass is 32.2. The van der Waals surface area contributed by atoms with Crippen LogP contribution in [-0.2, 0) is 11.2 Å². The Hall–Kier alpha value is -3.36. The van der Waals surface area contributed by atoms with E-state index >= 15 is 0 Å². The molecule has 0 heterocycles. The summed E-state index contributed by atoms with van der Waals surface area (Å²) in [6.07, 6.45) is 0.896. The van der Waals surface area contributed by atoms with Crippen molar-refractivity contribution in [3.8, 4) is 6.07 Å². The fourth-order valence-electron chi connectivity index (χ4n) is 2.71. The number of benzene rings is 3. The maximum absolute atomic E-state index is 12.6. The Labute approximate surface area is 174 Å². The van der Waals surface area contributed by atoms with Gasteiger partial charge in [0.05, 0.1) is 11.1 Å². The van der Waals surface area contributed by atoms with Crippen LogP contribution < -0.4 is 0 Å². The lowest BCUT2D eigenvalue weighted by Gasteiger charge is -2.10. The number of hydrogen-bond acceptors (Lipinski definition) is 5. The Kier molecular flexibility index (Phi) is 6.83. The minimum atomic E-state index is -0.568. The van der Waals surface area contributed by atoms with Gasteiger partial charge in [0.1, 0.15) is 6.07 Å². The standard InChI is InChI=1S/C24H19NO3S/c1-2-17-11-13-18(14-12-17)21(26)16-28-24(27)20-8-4-6-10-23(20)29-22-9-5-3-7-19(22)15-25/h3-14H,2,16H2,1H3. The number of ketones is 1. The smallest absolute Gasteiger partial charge is 0.339 e. The predicted molar refractivity (Wildman–Crippen MR) is 112 cm³/mol. The molecular formula is C24H19NO3S. The van der Waals surface area contributed by atoms with E-state index in [0.717, 1.165) is 16.9 Å². The molecule has 0 saturated carbocycles. The van der Waals surface area contributed by atoms with E-state index in [9.17, 15) is 14.9 Å². The van der Waals surface area contributed by atoms with Gasteiger partial charge in [0.25, 0.3) is 0 Å². The van der Waals surface area contributed by atoms with Gasteiger partial charge < -0.3 is 4.74 Å². The van der Waals surface area contributed by atoms with Crippen molar-refractivity contribution in [1.29, 1.82) is 5.26 Å². The summed E-state index contributed by atoms with van der Waals surface area (Å²) < 4.78 is 5.27. The molecule has 0 aliphatic rings. The monoisotopic (exact) mass is 401 g/mol. The molecule has 4 nitrogen and oxygen atoms in total. The summed E-state index contributed by atoms with van der Waals surface area (Å²) in [5.74, 6) is -0.818. The topological polar surface area (TPSA) is 67.2 Å². The number of ether oxygens (including phenoxy) is 1. The number of carbonyl (C=O) groups is 2. The predicted octanol–water partition coefficient (Wildman–Crippen LogP) is 5.31. The van der Waals surface area contributed by atoms with Gasteiger partial charge in [-0.3, -0.25) is 4.79 Å². The summed E-state index contributed by atoms with van der Waals surface area (Å²) in [4.78, 5) is 26.3. The van der Waals surface area contributed by atoms with Crippen LogP contribution in [0.3, 0.4) is 0 Å². The van der Waals surface area contributed by atoms with Gasteiger partial charge in [0.2, 0.25) is 0 Å². The molecule has 0 aliphatic heterocycles. The minimum absolute atomic E-state index is 0.249. The molecule has 0 atom stereocenters. The van der Waals surface area contributed by atoms with Crippen molar-refractivity contribution in [3.05, 3.63) is 95.1 Å². The summed E-state index contributed by atoms with van der Waals surface area (Å²) in [5, 5.41) is 9.27. The molecule has 0 N–H and O–H groups in total. The van der Waals surface area contributed by atoms with Crippen LogP contribution in [0.5, 0.6) is 0 Å². The lowest BCUT2D eigenvalue weighted by molar-refractivity contribution is 0.0471. The summed E-state index contributed by atoms with van der Waals surface area (Å²) >= 11 is 1.32. The van der Waals surface area contributed by atoms with Gasteiger partial charge in [-0.05, 0) is 36.2 Å². The van der Waals surface area contributed by atoms with E-state index in [2.05, 4.69) is 6.07 Å². The molecule has 3 rings (SSSR count). The number of aryl methyl sites for hydroxylation is 1. The second kappa shape index (κ2) is 9.72. The van der Waals surface area contributed by atoms with Crippen molar-refractivity contribution in [2.24, 2.45) is 0 Å². The molecule has 3 aromatic rings. The third-order valence-corrected chi connectivity index (χ3v) is 5.50. The lowest BCUT2D eigenvalue weighted by Crippen LogP contribution is -2.15. The van der Waals surface area contributed by atoms with Crippen molar-refractivity contribution in [3.63, 3.8) is 0 Å². The lowest BCUT2D eigenvalue weighted by atomic mass is 10.1. The van der Waals surface area contributed by atoms with Crippen molar-refractivity contribution >= 4 is 23.5 Å². The highest BCUT2D eigenvalue weighted by Crippen LogP contribution is 2.32. The number of esters is 1. The zero-order valence-corrected chi connectivity index (χ0v) is 16.7. The molecule has 0 spiro atoms. The minimum Gasteiger partial charge on any atom is -0.454 e. The van der Waals surface area contributed by atoms with E-state index in [1.165, 1.54) is 11.8 Å². The third-order valence-electron chi connectivity index (χ3n) is 4.35. The van der Waals surface area contributed by atoms with Gasteiger partial charge in [-0.1, -0.05) is 67.2 Å². The van der Waals surface area contributed by atoms with Gasteiger partial charge in [0, 0.05) is 15.4 Å². The maximum atomic E-state index is 12.6. The first kappa shape index (κ1) is 20.4. The van der Waals surface area contributed by atoms with Crippen molar-refractivity contribution < 1.29 is 14.3 Å². The number of carbonyl (C=O) groups excluding carboxylic acids is 2. The molecule has 0 saturated heterocycles. The van der Waals surface area contributed by atoms with Crippen LogP contribution in [-0.4, -0.2) is 18.4 Å². The molecule has 0 bridgehead atoms. The van der Waals surface area contributed by atoms with Crippen LogP contribution in [0.25, 0.3) is 0 Å². The second-order valence-corrected chi connectivity index (χ2v) is 7.34. The van der Waals surface area contributed by atoms with Crippen LogP contribution >= 0.6 is 11.8 Å². The molecule has 0 fully saturated rings. The van der Waals surface area contributed by atoms with Gasteiger partial charge in [-0.15, -0.1) is 0 Å². The van der Waals surface area contributed by atoms with E-state index in [-0.39, 0.29) is 12.4 Å². The molecule has 144 valence electrons. The van der Waals surface area contributed by atoms with E-state index in [0.29, 0.717) is 21.6 Å². The summed E-state index contributed by atoms with van der Waals surface area (Å²) in [5.41, 5.74) is 2.55. The van der Waals surface area contributed by atoms with Crippen LogP contribution in [0.2, 0.25) is 0 Å². The number of nitriles is 1. The van der Waals surface area contributed by atoms with E-state index in [1.807, 2.05) is 37.3 Å². The molecule has 0 amide bonds. The average Bonchev–Trinajstić information content (AvgIpc) is 2.78. The highest BCUT2D eigenvalue weighted by Gasteiger charge is 2.16. The first-order valence-corrected chi connectivity index (χ1v) is 9.99. The largest absolute Gasteiger partial charge is 0.454 e. The first-order chi connectivity index (χ1) is 14.1. The summed E-state index contributed by atoms with van der Waals surface area (Å²) in [7, 11) is 0. The number of hydrogen-bond donors (Lipinski definition) is 0. The van der Waals surface area contributed by atoms with Crippen LogP contribution in [0, 0.1) is 11.3 Å². The van der Waals surface area contributed by atoms with Gasteiger partial charge in [-0.25, -0.2) is 4.79 Å². The van der Waals surface area contributed by atoms with Crippen molar-refractivity contribution in [2.75, 3.05) is 6.61 Å². The summed E-state index contributed by atoms with van der Waals surface area (Å²) in [6.45, 7) is 1.72. The second-order valence-electron chi connectivity index (χ2n) is 6.26. The molecule has 5 heteroatoms. The van der Waals surface area contributed by atoms with Crippen molar-refractivity contribution in [1.82, 2.24) is 0 Å². The van der Waals surface area contributed by atoms with Gasteiger partial charge in [0.15, 0.2) is 12.4 Å². The summed E-state index contributed by atoms with van der Waals surface area (Å²) in [6, 6.07) is 23.6. The average molecular weight is 401 g/mol. The molecule has 0 radical (unpaired) electrons.